The van der Waals surface area contributed by atoms with Crippen LogP contribution in [0.1, 0.15) is 0 Å². The molecule has 0 aromatic heterocycles. The molecule has 0 atom stereocenters. The summed E-state index contributed by atoms with van der Waals surface area (Å²) in [6, 6.07) is 100. The summed E-state index contributed by atoms with van der Waals surface area (Å²) < 4.78 is 0. The first-order chi connectivity index (χ1) is 37.7. The molecule has 1 aliphatic carbocycles. The molecule has 0 N–H and O–H groups in total. The summed E-state index contributed by atoms with van der Waals surface area (Å²) in [5, 5.41) is 20.8. The number of rotatable bonds is 6. The zero-order valence-corrected chi connectivity index (χ0v) is 41.4. The summed E-state index contributed by atoms with van der Waals surface area (Å²) in [6.07, 6.45) is 0. The zero-order valence-electron chi connectivity index (χ0n) is 41.4. The summed E-state index contributed by atoms with van der Waals surface area (Å²) in [7, 11) is 0. The molecule has 0 fully saturated rings. The third-order valence-corrected chi connectivity index (χ3v) is 17.0. The van der Waals surface area contributed by atoms with Gasteiger partial charge in [0.2, 0.25) is 0 Å². The number of hydrogen-bond donors (Lipinski definition) is 0. The Kier molecular flexibility index (Phi) is 8.65. The Labute approximate surface area is 439 Å². The van der Waals surface area contributed by atoms with E-state index in [1.165, 1.54) is 175 Å². The van der Waals surface area contributed by atoms with Crippen molar-refractivity contribution in [3.8, 4) is 89.0 Å². The Bertz CT molecular complexity index is 4710. The minimum Gasteiger partial charge on any atom is -0.0622 e. The fraction of sp³-hybridized carbons (Fsp3) is 0. The molecule has 348 valence electrons. The molecule has 0 saturated carbocycles. The quantitative estimate of drug-likeness (QED) is 0.156. The zero-order chi connectivity index (χ0) is 49.6. The molecule has 16 aromatic rings. The lowest BCUT2D eigenvalue weighted by molar-refractivity contribution is 1.62. The molecule has 0 spiro atoms. The maximum Gasteiger partial charge on any atom is -0.000719 e. The monoisotopic (exact) mass is 956 g/mol. The van der Waals surface area contributed by atoms with Crippen molar-refractivity contribution in [1.29, 1.82) is 0 Å². The van der Waals surface area contributed by atoms with Gasteiger partial charge in [-0.05, 0) is 224 Å². The van der Waals surface area contributed by atoms with Crippen LogP contribution in [0.4, 0.5) is 0 Å². The fourth-order valence-electron chi connectivity index (χ4n) is 13.8. The molecule has 1 aliphatic rings. The normalized spacial score (nSPS) is 12.2. The second-order valence-electron chi connectivity index (χ2n) is 21.0. The highest BCUT2D eigenvalue weighted by molar-refractivity contribution is 6.43. The standard InChI is InChI=1S/C76H44/c1-7-19-45(20-8-1)51-37-53-38-52(46-21-9-2-10-22-46)40-69-70(53)68(39-51)75-71(49-27-15-5-16-28-49)66-43-64-58-35-33-56-62-41-60-54(47-23-11-3-12-24-47)31-32-55(48-25-13-4-14-26-48)61(60)42-63(62)57-34-36-59(74(58)73(56)57)65(64)44-67(66)72(76(69)75)50-29-17-6-18-30-50/h1-44H. The van der Waals surface area contributed by atoms with Gasteiger partial charge in [0.05, 0.1) is 0 Å². The van der Waals surface area contributed by atoms with Crippen LogP contribution in [0.3, 0.4) is 0 Å². The van der Waals surface area contributed by atoms with Crippen LogP contribution in [0.2, 0.25) is 0 Å². The van der Waals surface area contributed by atoms with Crippen LogP contribution < -0.4 is 0 Å². The summed E-state index contributed by atoms with van der Waals surface area (Å²) >= 11 is 0. The van der Waals surface area contributed by atoms with Crippen LogP contribution in [0.15, 0.2) is 267 Å². The topological polar surface area (TPSA) is 0 Å². The highest BCUT2D eigenvalue weighted by Gasteiger charge is 2.30. The lowest BCUT2D eigenvalue weighted by atomic mass is 9.85. The van der Waals surface area contributed by atoms with Crippen molar-refractivity contribution in [2.45, 2.75) is 0 Å². The number of hydrogen-bond acceptors (Lipinski definition) is 0. The first-order valence-corrected chi connectivity index (χ1v) is 26.6. The molecule has 0 radical (unpaired) electrons. The summed E-state index contributed by atoms with van der Waals surface area (Å²) in [5.41, 5.74) is 20.1. The van der Waals surface area contributed by atoms with Crippen LogP contribution in [0.5, 0.6) is 0 Å². The Morgan fingerprint density at radius 3 is 0.895 bits per heavy atom. The predicted octanol–water partition coefficient (Wildman–Crippen LogP) is 21.4. The minimum absolute atomic E-state index is 1.22. The van der Waals surface area contributed by atoms with Gasteiger partial charge in [-0.1, -0.05) is 218 Å². The molecule has 0 heteroatoms. The third-order valence-electron chi connectivity index (χ3n) is 17.0. The van der Waals surface area contributed by atoms with Gasteiger partial charge in [0.15, 0.2) is 0 Å². The van der Waals surface area contributed by atoms with Crippen molar-refractivity contribution in [2.24, 2.45) is 0 Å². The predicted molar refractivity (Wildman–Crippen MR) is 326 cm³/mol. The molecule has 0 nitrogen and oxygen atoms in total. The van der Waals surface area contributed by atoms with Crippen molar-refractivity contribution in [3.63, 3.8) is 0 Å². The van der Waals surface area contributed by atoms with Gasteiger partial charge < -0.3 is 0 Å². The van der Waals surface area contributed by atoms with Gasteiger partial charge in [-0.15, -0.1) is 0 Å². The van der Waals surface area contributed by atoms with E-state index in [4.69, 9.17) is 0 Å². The van der Waals surface area contributed by atoms with Gasteiger partial charge in [-0.25, -0.2) is 0 Å². The summed E-state index contributed by atoms with van der Waals surface area (Å²) in [4.78, 5) is 0. The average molecular weight is 957 g/mol. The van der Waals surface area contributed by atoms with Crippen molar-refractivity contribution >= 4 is 86.2 Å². The summed E-state index contributed by atoms with van der Waals surface area (Å²) in [6.45, 7) is 0. The van der Waals surface area contributed by atoms with E-state index in [2.05, 4.69) is 267 Å². The van der Waals surface area contributed by atoms with E-state index in [0.717, 1.165) is 0 Å². The average Bonchev–Trinajstić information content (AvgIpc) is 4.15. The number of fused-ring (bicyclic) bond motifs is 11. The van der Waals surface area contributed by atoms with Gasteiger partial charge in [-0.3, -0.25) is 0 Å². The van der Waals surface area contributed by atoms with Crippen molar-refractivity contribution in [2.75, 3.05) is 0 Å². The van der Waals surface area contributed by atoms with Gasteiger partial charge in [0.1, 0.15) is 0 Å². The Morgan fingerprint density at radius 2 is 0.500 bits per heavy atom. The summed E-state index contributed by atoms with van der Waals surface area (Å²) in [5.74, 6) is 0. The van der Waals surface area contributed by atoms with E-state index in [1.807, 2.05) is 0 Å². The first-order valence-electron chi connectivity index (χ1n) is 26.6. The third kappa shape index (κ3) is 5.84. The minimum atomic E-state index is 1.22. The van der Waals surface area contributed by atoms with E-state index in [1.54, 1.807) is 0 Å². The van der Waals surface area contributed by atoms with Crippen LogP contribution >= 0.6 is 0 Å². The van der Waals surface area contributed by atoms with E-state index in [9.17, 15) is 0 Å². The maximum atomic E-state index is 2.57. The number of benzene rings is 14. The van der Waals surface area contributed by atoms with E-state index < -0.39 is 0 Å². The van der Waals surface area contributed by atoms with Crippen LogP contribution in [-0.4, -0.2) is 0 Å². The SMILES string of the molecule is c1ccc(-c2cc3cc(-c4ccccc4)cc4c5c(-c6ccccc6)c6cc7c(cc6c(-c6ccccc6)c5c(c2)c34)c2ccc3c4c(ccc7c42)-c2cc4c(-c5ccccc5)ccc(-c5ccccc5)c4cc2-3)cc1. The molecule has 0 saturated heterocycles. The molecule has 0 amide bonds. The Morgan fingerprint density at radius 1 is 0.145 bits per heavy atom. The smallest absolute Gasteiger partial charge is 0.000719 e. The van der Waals surface area contributed by atoms with Crippen molar-refractivity contribution in [1.82, 2.24) is 0 Å². The van der Waals surface area contributed by atoms with Gasteiger partial charge in [0.25, 0.3) is 0 Å². The first kappa shape index (κ1) is 41.6. The second-order valence-corrected chi connectivity index (χ2v) is 21.0. The molecule has 0 heterocycles. The largest absolute Gasteiger partial charge is 0.0622 e. The highest BCUT2D eigenvalue weighted by Crippen LogP contribution is 2.57. The van der Waals surface area contributed by atoms with Crippen LogP contribution in [0.25, 0.3) is 175 Å². The molecule has 0 aliphatic heterocycles. The Balaban J connectivity index is 1.01. The van der Waals surface area contributed by atoms with Gasteiger partial charge in [0, 0.05) is 0 Å². The molecular weight excluding hydrogens is 913 g/mol. The van der Waals surface area contributed by atoms with Gasteiger partial charge >= 0.3 is 0 Å². The van der Waals surface area contributed by atoms with Crippen LogP contribution in [0, 0.1) is 0 Å². The molecule has 76 heavy (non-hydrogen) atoms. The molecule has 17 rings (SSSR count). The molecule has 0 unspecified atom stereocenters. The lowest BCUT2D eigenvalue weighted by Crippen LogP contribution is -1.90. The molecule has 16 aromatic carbocycles. The second kappa shape index (κ2) is 15.8. The van der Waals surface area contributed by atoms with Crippen molar-refractivity contribution in [3.05, 3.63) is 267 Å². The lowest BCUT2D eigenvalue weighted by Gasteiger charge is -2.17. The molecular formula is C76H44. The van der Waals surface area contributed by atoms with Crippen molar-refractivity contribution < 1.29 is 0 Å². The van der Waals surface area contributed by atoms with E-state index >= 15 is 0 Å². The maximum absolute atomic E-state index is 2.57. The van der Waals surface area contributed by atoms with Gasteiger partial charge in [-0.2, -0.15) is 0 Å². The molecule has 0 bridgehead atoms. The Hall–Kier alpha value is -9.88. The van der Waals surface area contributed by atoms with E-state index in [0.29, 0.717) is 0 Å². The highest BCUT2D eigenvalue weighted by atomic mass is 14.3. The van der Waals surface area contributed by atoms with Crippen LogP contribution in [-0.2, 0) is 0 Å². The van der Waals surface area contributed by atoms with E-state index in [-0.39, 0.29) is 0 Å². The fourth-order valence-corrected chi connectivity index (χ4v) is 13.8.